The van der Waals surface area contributed by atoms with Crippen LogP contribution in [0.25, 0.3) is 0 Å². The van der Waals surface area contributed by atoms with E-state index in [0.717, 1.165) is 13.0 Å². The number of carbonyl (C=O) groups is 2. The minimum Gasteiger partial charge on any atom is -0.322 e. The number of benzene rings is 1. The van der Waals surface area contributed by atoms with Crippen LogP contribution in [0.1, 0.15) is 18.4 Å². The van der Waals surface area contributed by atoms with Crippen molar-refractivity contribution >= 4 is 27.9 Å². The van der Waals surface area contributed by atoms with E-state index in [1.165, 1.54) is 17.0 Å². The van der Waals surface area contributed by atoms with Gasteiger partial charge in [-0.05, 0) is 37.1 Å². The van der Waals surface area contributed by atoms with Crippen LogP contribution in [0.15, 0.2) is 22.7 Å². The molecule has 0 bridgehead atoms. The molecule has 2 fully saturated rings. The molecule has 1 spiro atoms. The van der Waals surface area contributed by atoms with E-state index in [-0.39, 0.29) is 24.3 Å². The lowest BCUT2D eigenvalue weighted by Crippen LogP contribution is -2.57. The Balaban J connectivity index is 1.82. The molecule has 1 aromatic carbocycles. The number of nitrogens with zero attached hydrogens (tertiary/aromatic N) is 1. The van der Waals surface area contributed by atoms with Crippen molar-refractivity contribution in [2.24, 2.45) is 0 Å². The fourth-order valence-corrected chi connectivity index (χ4v) is 3.31. The van der Waals surface area contributed by atoms with Crippen LogP contribution in [0.4, 0.5) is 9.18 Å². The van der Waals surface area contributed by atoms with Crippen molar-refractivity contribution in [2.75, 3.05) is 13.1 Å². The second-order valence-corrected chi connectivity index (χ2v) is 6.27. The van der Waals surface area contributed by atoms with Crippen LogP contribution in [-0.4, -0.2) is 35.5 Å². The third-order valence-corrected chi connectivity index (χ3v) is 4.71. The summed E-state index contributed by atoms with van der Waals surface area (Å²) in [6, 6.07) is 3.83. The van der Waals surface area contributed by atoms with E-state index >= 15 is 0 Å². The van der Waals surface area contributed by atoms with Gasteiger partial charge in [-0.15, -0.1) is 0 Å². The van der Waals surface area contributed by atoms with Gasteiger partial charge in [0.2, 0.25) is 0 Å². The van der Waals surface area contributed by atoms with E-state index in [4.69, 9.17) is 0 Å². The van der Waals surface area contributed by atoms with Gasteiger partial charge in [0, 0.05) is 11.0 Å². The normalized spacial score (nSPS) is 25.5. The van der Waals surface area contributed by atoms with Crippen LogP contribution in [0, 0.1) is 5.82 Å². The monoisotopic (exact) mass is 355 g/mol. The standard InChI is InChI=1S/C14H15BrFN3O2/c15-11-6-10(16)3-2-9(11)7-19-12(20)14(18-13(19)21)4-1-5-17-8-14/h2-3,6,17H,1,4-5,7-8H2,(H,18,21). The maximum atomic E-state index is 13.1. The molecule has 2 aliphatic heterocycles. The summed E-state index contributed by atoms with van der Waals surface area (Å²) in [6.07, 6.45) is 1.49. The Kier molecular flexibility index (Phi) is 3.71. The molecular formula is C14H15BrFN3O2. The number of amides is 3. The molecule has 2 N–H and O–H groups in total. The van der Waals surface area contributed by atoms with Gasteiger partial charge in [0.05, 0.1) is 6.54 Å². The van der Waals surface area contributed by atoms with Crippen LogP contribution < -0.4 is 10.6 Å². The van der Waals surface area contributed by atoms with Crippen molar-refractivity contribution in [3.63, 3.8) is 0 Å². The Bertz CT molecular complexity index is 602. The van der Waals surface area contributed by atoms with E-state index in [2.05, 4.69) is 26.6 Å². The minimum atomic E-state index is -0.818. The molecule has 21 heavy (non-hydrogen) atoms. The number of rotatable bonds is 2. The highest BCUT2D eigenvalue weighted by Gasteiger charge is 2.51. The first kappa shape index (κ1) is 14.5. The third kappa shape index (κ3) is 2.55. The van der Waals surface area contributed by atoms with Crippen LogP contribution >= 0.6 is 15.9 Å². The topological polar surface area (TPSA) is 61.4 Å². The Morgan fingerprint density at radius 3 is 2.86 bits per heavy atom. The number of imide groups is 1. The highest BCUT2D eigenvalue weighted by atomic mass is 79.9. The van der Waals surface area contributed by atoms with E-state index in [1.54, 1.807) is 6.07 Å². The van der Waals surface area contributed by atoms with Crippen molar-refractivity contribution < 1.29 is 14.0 Å². The molecule has 7 heteroatoms. The molecule has 3 rings (SSSR count). The van der Waals surface area contributed by atoms with Gasteiger partial charge in [-0.2, -0.15) is 0 Å². The van der Waals surface area contributed by atoms with Crippen molar-refractivity contribution in [2.45, 2.75) is 24.9 Å². The Hall–Kier alpha value is -1.47. The Morgan fingerprint density at radius 1 is 1.38 bits per heavy atom. The summed E-state index contributed by atoms with van der Waals surface area (Å²) in [5, 5.41) is 5.96. The molecule has 2 aliphatic rings. The molecule has 0 aromatic heterocycles. The second-order valence-electron chi connectivity index (χ2n) is 5.42. The average molecular weight is 356 g/mol. The average Bonchev–Trinajstić information content (AvgIpc) is 2.67. The van der Waals surface area contributed by atoms with Gasteiger partial charge in [0.15, 0.2) is 0 Å². The third-order valence-electron chi connectivity index (χ3n) is 3.97. The molecule has 1 unspecified atom stereocenters. The van der Waals surface area contributed by atoms with Crippen LogP contribution in [-0.2, 0) is 11.3 Å². The van der Waals surface area contributed by atoms with Gasteiger partial charge in [-0.1, -0.05) is 22.0 Å². The first-order chi connectivity index (χ1) is 10.0. The SMILES string of the molecule is O=C1NC2(CCCNC2)C(=O)N1Cc1ccc(F)cc1Br. The predicted molar refractivity (Wildman–Crippen MR) is 78.0 cm³/mol. The van der Waals surface area contributed by atoms with Gasteiger partial charge in [0.25, 0.3) is 5.91 Å². The number of halogens is 2. The number of hydrogen-bond acceptors (Lipinski definition) is 3. The zero-order chi connectivity index (χ0) is 15.0. The van der Waals surface area contributed by atoms with Crippen molar-refractivity contribution in [3.8, 4) is 0 Å². The Labute approximate surface area is 130 Å². The van der Waals surface area contributed by atoms with E-state index in [0.29, 0.717) is 23.0 Å². The molecule has 112 valence electrons. The maximum absolute atomic E-state index is 13.1. The molecular weight excluding hydrogens is 341 g/mol. The van der Waals surface area contributed by atoms with Crippen LogP contribution in [0.2, 0.25) is 0 Å². The first-order valence-corrected chi connectivity index (χ1v) is 7.60. The molecule has 2 heterocycles. The second kappa shape index (κ2) is 5.38. The number of carbonyl (C=O) groups excluding carboxylic acids is 2. The highest BCUT2D eigenvalue weighted by Crippen LogP contribution is 2.28. The van der Waals surface area contributed by atoms with Crippen molar-refractivity contribution in [3.05, 3.63) is 34.1 Å². The maximum Gasteiger partial charge on any atom is 0.325 e. The molecule has 3 amide bonds. The minimum absolute atomic E-state index is 0.132. The molecule has 0 radical (unpaired) electrons. The lowest BCUT2D eigenvalue weighted by Gasteiger charge is -2.31. The molecule has 1 atom stereocenters. The van der Waals surface area contributed by atoms with E-state index in [1.807, 2.05) is 0 Å². The van der Waals surface area contributed by atoms with Gasteiger partial charge < -0.3 is 10.6 Å². The summed E-state index contributed by atoms with van der Waals surface area (Å²) in [4.78, 5) is 25.9. The van der Waals surface area contributed by atoms with Crippen LogP contribution in [0.5, 0.6) is 0 Å². The summed E-state index contributed by atoms with van der Waals surface area (Å²) in [5.41, 5.74) is -0.123. The summed E-state index contributed by atoms with van der Waals surface area (Å²) in [5.74, 6) is -0.577. The lowest BCUT2D eigenvalue weighted by molar-refractivity contribution is -0.132. The lowest BCUT2D eigenvalue weighted by atomic mass is 9.90. The largest absolute Gasteiger partial charge is 0.325 e. The first-order valence-electron chi connectivity index (χ1n) is 6.81. The van der Waals surface area contributed by atoms with Gasteiger partial charge in [-0.3, -0.25) is 9.69 Å². The van der Waals surface area contributed by atoms with Gasteiger partial charge in [0.1, 0.15) is 11.4 Å². The fraction of sp³-hybridized carbons (Fsp3) is 0.429. The summed E-state index contributed by atoms with van der Waals surface area (Å²) in [6.45, 7) is 1.44. The van der Waals surface area contributed by atoms with Gasteiger partial charge >= 0.3 is 6.03 Å². The van der Waals surface area contributed by atoms with E-state index < -0.39 is 5.54 Å². The highest BCUT2D eigenvalue weighted by molar-refractivity contribution is 9.10. The molecule has 0 aliphatic carbocycles. The number of piperidine rings is 1. The van der Waals surface area contributed by atoms with Crippen LogP contribution in [0.3, 0.4) is 0 Å². The van der Waals surface area contributed by atoms with Gasteiger partial charge in [-0.25, -0.2) is 9.18 Å². The quantitative estimate of drug-likeness (QED) is 0.794. The predicted octanol–water partition coefficient (Wildman–Crippen LogP) is 1.76. The summed E-state index contributed by atoms with van der Waals surface area (Å²) in [7, 11) is 0. The number of urea groups is 1. The molecule has 0 saturated carbocycles. The fourth-order valence-electron chi connectivity index (χ4n) is 2.83. The van der Waals surface area contributed by atoms with Crippen molar-refractivity contribution in [1.82, 2.24) is 15.5 Å². The zero-order valence-electron chi connectivity index (χ0n) is 11.3. The molecule has 1 aromatic rings. The summed E-state index contributed by atoms with van der Waals surface area (Å²) < 4.78 is 13.6. The zero-order valence-corrected chi connectivity index (χ0v) is 12.9. The Morgan fingerprint density at radius 2 is 2.19 bits per heavy atom. The number of nitrogens with one attached hydrogen (secondary N) is 2. The molecule has 5 nitrogen and oxygen atoms in total. The smallest absolute Gasteiger partial charge is 0.322 e. The van der Waals surface area contributed by atoms with Crippen molar-refractivity contribution in [1.29, 1.82) is 0 Å². The number of hydrogen-bond donors (Lipinski definition) is 2. The summed E-state index contributed by atoms with van der Waals surface area (Å²) >= 11 is 3.26. The van der Waals surface area contributed by atoms with E-state index in [9.17, 15) is 14.0 Å². The molecule has 2 saturated heterocycles.